The van der Waals surface area contributed by atoms with E-state index in [2.05, 4.69) is 49.1 Å². The minimum atomic E-state index is -0.134. The summed E-state index contributed by atoms with van der Waals surface area (Å²) in [6.07, 6.45) is 3.92. The normalized spacial score (nSPS) is 20.9. The van der Waals surface area contributed by atoms with E-state index in [9.17, 15) is 4.79 Å². The van der Waals surface area contributed by atoms with Crippen LogP contribution >= 0.6 is 11.6 Å². The number of amides is 1. The van der Waals surface area contributed by atoms with Gasteiger partial charge in [-0.05, 0) is 55.0 Å². The van der Waals surface area contributed by atoms with Gasteiger partial charge in [0, 0.05) is 28.9 Å². The van der Waals surface area contributed by atoms with Crippen molar-refractivity contribution < 1.29 is 4.79 Å². The fraction of sp³-hybridized carbons (Fsp3) is 0.217. The third-order valence-corrected chi connectivity index (χ3v) is 5.73. The number of likely N-dealkylation sites (N-methyl/N-ethyl adjacent to an activating group) is 1. The van der Waals surface area contributed by atoms with Crippen molar-refractivity contribution in [3.63, 3.8) is 0 Å². The molecule has 1 amide bonds. The van der Waals surface area contributed by atoms with Crippen LogP contribution in [-0.4, -0.2) is 18.7 Å². The Hall–Kier alpha value is -2.85. The molecule has 0 fully saturated rings. The molecule has 0 aromatic heterocycles. The highest BCUT2D eigenvalue weighted by Gasteiger charge is 2.38. The molecule has 2 aromatic carbocycles. The molecule has 0 atom stereocenters. The summed E-state index contributed by atoms with van der Waals surface area (Å²) in [5, 5.41) is 6.49. The molecule has 0 saturated carbocycles. The number of nitrogens with zero attached hydrogens (tertiary/aromatic N) is 3. The van der Waals surface area contributed by atoms with E-state index >= 15 is 0 Å². The molecule has 0 radical (unpaired) electrons. The van der Waals surface area contributed by atoms with Crippen LogP contribution in [0.4, 0.5) is 11.4 Å². The van der Waals surface area contributed by atoms with Crippen LogP contribution in [0.3, 0.4) is 0 Å². The van der Waals surface area contributed by atoms with E-state index in [-0.39, 0.29) is 11.3 Å². The van der Waals surface area contributed by atoms with E-state index in [4.69, 9.17) is 11.6 Å². The summed E-state index contributed by atoms with van der Waals surface area (Å²) in [6, 6.07) is 15.5. The van der Waals surface area contributed by atoms with Crippen molar-refractivity contribution in [2.45, 2.75) is 26.2 Å². The molecule has 4 nitrogen and oxygen atoms in total. The summed E-state index contributed by atoms with van der Waals surface area (Å²) in [7, 11) is 2.06. The average molecular weight is 392 g/mol. The first-order valence-corrected chi connectivity index (χ1v) is 9.60. The quantitative estimate of drug-likeness (QED) is 0.651. The van der Waals surface area contributed by atoms with Crippen LogP contribution in [0.25, 0.3) is 0 Å². The summed E-state index contributed by atoms with van der Waals surface area (Å²) < 4.78 is 0. The maximum Gasteiger partial charge on any atom is 0.280 e. The maximum atomic E-state index is 12.9. The predicted octanol–water partition coefficient (Wildman–Crippen LogP) is 5.30. The molecular weight excluding hydrogens is 370 g/mol. The Labute approximate surface area is 170 Å². The van der Waals surface area contributed by atoms with Crippen LogP contribution in [-0.2, 0) is 10.2 Å². The minimum Gasteiger partial charge on any atom is -0.347 e. The molecule has 4 rings (SSSR count). The third-order valence-electron chi connectivity index (χ3n) is 5.48. The van der Waals surface area contributed by atoms with Gasteiger partial charge in [0.1, 0.15) is 0 Å². The molecule has 2 aliphatic heterocycles. The lowest BCUT2D eigenvalue weighted by atomic mass is 9.83. The number of rotatable bonds is 2. The highest BCUT2D eigenvalue weighted by molar-refractivity contribution is 6.31. The zero-order valence-corrected chi connectivity index (χ0v) is 17.2. The molecule has 0 bridgehead atoms. The van der Waals surface area contributed by atoms with Gasteiger partial charge in [-0.1, -0.05) is 43.6 Å². The van der Waals surface area contributed by atoms with Gasteiger partial charge in [0.2, 0.25) is 0 Å². The molecule has 142 valence electrons. The van der Waals surface area contributed by atoms with E-state index in [0.717, 1.165) is 5.70 Å². The molecule has 5 heteroatoms. The van der Waals surface area contributed by atoms with Crippen LogP contribution in [0, 0.1) is 0 Å². The fourth-order valence-corrected chi connectivity index (χ4v) is 4.06. The molecule has 2 heterocycles. The molecule has 0 N–H and O–H groups in total. The lowest BCUT2D eigenvalue weighted by molar-refractivity contribution is -0.114. The van der Waals surface area contributed by atoms with Gasteiger partial charge in [0.05, 0.1) is 17.0 Å². The fourth-order valence-electron chi connectivity index (χ4n) is 3.93. The van der Waals surface area contributed by atoms with Crippen LogP contribution in [0.1, 0.15) is 26.3 Å². The summed E-state index contributed by atoms with van der Waals surface area (Å²) in [5.74, 6) is -0.132. The molecule has 28 heavy (non-hydrogen) atoms. The molecule has 2 aromatic rings. The zero-order valence-electron chi connectivity index (χ0n) is 16.4. The number of hydrazone groups is 1. The van der Waals surface area contributed by atoms with E-state index < -0.39 is 0 Å². The van der Waals surface area contributed by atoms with Gasteiger partial charge in [-0.15, -0.1) is 0 Å². The number of para-hydroxylation sites is 1. The Morgan fingerprint density at radius 3 is 2.39 bits per heavy atom. The Bertz CT molecular complexity index is 1050. The number of hydrogen-bond donors (Lipinski definition) is 0. The number of fused-ring (bicyclic) bond motifs is 1. The summed E-state index contributed by atoms with van der Waals surface area (Å²) in [5.41, 5.74) is 5.50. The topological polar surface area (TPSA) is 35.9 Å². The Morgan fingerprint density at radius 2 is 1.71 bits per heavy atom. The number of benzene rings is 2. The molecule has 0 aliphatic carbocycles. The van der Waals surface area contributed by atoms with E-state index in [1.54, 1.807) is 24.3 Å². The summed E-state index contributed by atoms with van der Waals surface area (Å²) in [4.78, 5) is 15.1. The van der Waals surface area contributed by atoms with E-state index in [1.165, 1.54) is 16.3 Å². The van der Waals surface area contributed by atoms with Gasteiger partial charge >= 0.3 is 0 Å². The first kappa shape index (κ1) is 18.5. The van der Waals surface area contributed by atoms with Crippen molar-refractivity contribution >= 4 is 34.6 Å². The van der Waals surface area contributed by atoms with Crippen molar-refractivity contribution in [1.82, 2.24) is 0 Å². The van der Waals surface area contributed by atoms with Crippen molar-refractivity contribution in [3.8, 4) is 0 Å². The van der Waals surface area contributed by atoms with Crippen LogP contribution in [0.5, 0.6) is 0 Å². The maximum absolute atomic E-state index is 12.9. The second kappa shape index (κ2) is 6.64. The zero-order chi connectivity index (χ0) is 20.1. The smallest absolute Gasteiger partial charge is 0.280 e. The van der Waals surface area contributed by atoms with Crippen molar-refractivity contribution in [3.05, 3.63) is 82.5 Å². The van der Waals surface area contributed by atoms with Crippen LogP contribution < -0.4 is 9.91 Å². The standard InChI is InChI=1S/C23H22ClN3O/c1-15-18(22(28)27(25-15)17-11-9-16(24)10-12-17)13-14-21-23(2,3)19-7-5-6-8-20(19)26(21)4/h5-14H,1-4H3/b18-13+,21-14-. The van der Waals surface area contributed by atoms with Gasteiger partial charge in [-0.2, -0.15) is 10.1 Å². The van der Waals surface area contributed by atoms with Crippen LogP contribution in [0.15, 0.2) is 77.1 Å². The monoisotopic (exact) mass is 391 g/mol. The van der Waals surface area contributed by atoms with Gasteiger partial charge < -0.3 is 4.90 Å². The van der Waals surface area contributed by atoms with Gasteiger partial charge in [0.25, 0.3) is 5.91 Å². The van der Waals surface area contributed by atoms with Gasteiger partial charge in [-0.3, -0.25) is 4.79 Å². The van der Waals surface area contributed by atoms with E-state index in [1.807, 2.05) is 25.1 Å². The first-order valence-electron chi connectivity index (χ1n) is 9.22. The molecule has 0 saturated heterocycles. The van der Waals surface area contributed by atoms with Crippen molar-refractivity contribution in [2.24, 2.45) is 5.10 Å². The molecule has 2 aliphatic rings. The van der Waals surface area contributed by atoms with E-state index in [0.29, 0.717) is 22.0 Å². The number of anilines is 2. The Morgan fingerprint density at radius 1 is 1.04 bits per heavy atom. The van der Waals surface area contributed by atoms with Crippen molar-refractivity contribution in [2.75, 3.05) is 17.0 Å². The Balaban J connectivity index is 1.68. The lowest BCUT2D eigenvalue weighted by Crippen LogP contribution is -2.23. The average Bonchev–Trinajstić information content (AvgIpc) is 3.06. The number of allylic oxidation sites excluding steroid dienone is 3. The Kier molecular flexibility index (Phi) is 4.39. The second-order valence-electron chi connectivity index (χ2n) is 7.61. The highest BCUT2D eigenvalue weighted by Crippen LogP contribution is 2.46. The molecular formula is C23H22ClN3O. The predicted molar refractivity (Wildman–Crippen MR) is 116 cm³/mol. The first-order chi connectivity index (χ1) is 13.3. The van der Waals surface area contributed by atoms with Gasteiger partial charge in [0.15, 0.2) is 0 Å². The summed E-state index contributed by atoms with van der Waals surface area (Å²) >= 11 is 5.95. The summed E-state index contributed by atoms with van der Waals surface area (Å²) in [6.45, 7) is 6.27. The largest absolute Gasteiger partial charge is 0.347 e. The lowest BCUT2D eigenvalue weighted by Gasteiger charge is -2.23. The minimum absolute atomic E-state index is 0.132. The highest BCUT2D eigenvalue weighted by atomic mass is 35.5. The second-order valence-corrected chi connectivity index (χ2v) is 8.05. The molecule has 0 spiro atoms. The van der Waals surface area contributed by atoms with Crippen molar-refractivity contribution in [1.29, 1.82) is 0 Å². The number of hydrogen-bond acceptors (Lipinski definition) is 3. The number of halogens is 1. The SMILES string of the molecule is CC1=NN(c2ccc(Cl)cc2)C(=O)/C1=C/C=C1\N(C)c2ccccc2C1(C)C. The number of carbonyl (C=O) groups is 1. The number of carbonyl (C=O) groups excluding carboxylic acids is 1. The van der Waals surface area contributed by atoms with Crippen LogP contribution in [0.2, 0.25) is 5.02 Å². The van der Waals surface area contributed by atoms with Gasteiger partial charge in [-0.25, -0.2) is 0 Å². The third kappa shape index (κ3) is 2.85. The molecule has 0 unspecified atom stereocenters.